The summed E-state index contributed by atoms with van der Waals surface area (Å²) in [5.74, 6) is 0. The Morgan fingerprint density at radius 3 is 2.35 bits per heavy atom. The molecular formula is C19H23N. The molecule has 2 saturated heterocycles. The molecule has 7 rings (SSSR count). The molecule has 20 heavy (non-hydrogen) atoms. The van der Waals surface area contributed by atoms with E-state index in [1.54, 1.807) is 11.1 Å². The van der Waals surface area contributed by atoms with E-state index < -0.39 is 0 Å². The van der Waals surface area contributed by atoms with E-state index in [9.17, 15) is 0 Å². The zero-order valence-electron chi connectivity index (χ0n) is 12.1. The van der Waals surface area contributed by atoms with Crippen LogP contribution in [0, 0.1) is 5.41 Å². The predicted octanol–water partition coefficient (Wildman–Crippen LogP) is 4.19. The van der Waals surface area contributed by atoms with Crippen LogP contribution in [-0.4, -0.2) is 11.1 Å². The standard InChI is InChI=1S/C19H23N/c1-2-4-7-16-15(6-3-1)12-18(8-5-9-18)20-19-11-10-17(16,13-19)14-19/h1-4,6-7,20H,5,8-14H2/b2-1?,3-1?,4-2?,6-3?,7-4?,15-6-,16-7+,16-15?. The molecule has 1 heteroatoms. The molecule has 0 aromatic carbocycles. The van der Waals surface area contributed by atoms with Crippen LogP contribution < -0.4 is 5.32 Å². The first-order chi connectivity index (χ1) is 9.74. The van der Waals surface area contributed by atoms with Crippen molar-refractivity contribution in [3.05, 3.63) is 47.6 Å². The van der Waals surface area contributed by atoms with Crippen LogP contribution in [0.5, 0.6) is 0 Å². The highest BCUT2D eigenvalue weighted by molar-refractivity contribution is 5.50. The predicted molar refractivity (Wildman–Crippen MR) is 82.4 cm³/mol. The van der Waals surface area contributed by atoms with Crippen molar-refractivity contribution in [3.63, 3.8) is 0 Å². The molecule has 0 radical (unpaired) electrons. The minimum absolute atomic E-state index is 0.429. The van der Waals surface area contributed by atoms with Crippen molar-refractivity contribution in [3.8, 4) is 0 Å². The summed E-state index contributed by atoms with van der Waals surface area (Å²) in [6.45, 7) is 0. The van der Waals surface area contributed by atoms with Gasteiger partial charge in [0.1, 0.15) is 0 Å². The first-order valence-corrected chi connectivity index (χ1v) is 8.28. The molecule has 0 atom stereocenters. The minimum Gasteiger partial charge on any atom is -0.305 e. The molecule has 7 aliphatic rings. The average Bonchev–Trinajstić information content (AvgIpc) is 2.84. The Balaban J connectivity index is 1.65. The van der Waals surface area contributed by atoms with Crippen LogP contribution in [0.25, 0.3) is 0 Å². The number of hydrogen-bond donors (Lipinski definition) is 1. The zero-order chi connectivity index (χ0) is 13.3. The lowest BCUT2D eigenvalue weighted by Crippen LogP contribution is -2.66. The van der Waals surface area contributed by atoms with Crippen molar-refractivity contribution >= 4 is 0 Å². The molecule has 0 unspecified atom stereocenters. The molecule has 1 N–H and O–H groups in total. The number of nitrogens with one attached hydrogen (secondary N) is 1. The molecule has 6 fully saturated rings. The highest BCUT2D eigenvalue weighted by Crippen LogP contribution is 2.69. The topological polar surface area (TPSA) is 12.0 Å². The van der Waals surface area contributed by atoms with E-state index in [0.29, 0.717) is 16.5 Å². The lowest BCUT2D eigenvalue weighted by molar-refractivity contribution is 0.0331. The second-order valence-electron chi connectivity index (χ2n) is 7.89. The molecule has 0 amide bonds. The Morgan fingerprint density at radius 1 is 0.800 bits per heavy atom. The third kappa shape index (κ3) is 1.37. The second-order valence-corrected chi connectivity index (χ2v) is 7.89. The van der Waals surface area contributed by atoms with Gasteiger partial charge >= 0.3 is 0 Å². The van der Waals surface area contributed by atoms with Crippen LogP contribution >= 0.6 is 0 Å². The molecule has 1 spiro atoms. The summed E-state index contributed by atoms with van der Waals surface area (Å²) in [5, 5.41) is 4.16. The van der Waals surface area contributed by atoms with Gasteiger partial charge in [0.25, 0.3) is 0 Å². The van der Waals surface area contributed by atoms with Crippen molar-refractivity contribution < 1.29 is 0 Å². The van der Waals surface area contributed by atoms with Crippen LogP contribution in [0.1, 0.15) is 51.4 Å². The van der Waals surface area contributed by atoms with Gasteiger partial charge in [-0.05, 0) is 67.9 Å². The van der Waals surface area contributed by atoms with Gasteiger partial charge in [0.2, 0.25) is 0 Å². The molecule has 2 bridgehead atoms. The first-order valence-electron chi connectivity index (χ1n) is 8.28. The molecule has 2 aliphatic heterocycles. The monoisotopic (exact) mass is 265 g/mol. The van der Waals surface area contributed by atoms with Crippen LogP contribution in [0.3, 0.4) is 0 Å². The number of allylic oxidation sites excluding steroid dienone is 7. The zero-order valence-corrected chi connectivity index (χ0v) is 12.1. The quantitative estimate of drug-likeness (QED) is 0.692. The lowest BCUT2D eigenvalue weighted by atomic mass is 9.55. The van der Waals surface area contributed by atoms with Crippen LogP contribution in [-0.2, 0) is 0 Å². The highest BCUT2D eigenvalue weighted by Gasteiger charge is 2.65. The van der Waals surface area contributed by atoms with Crippen molar-refractivity contribution in [1.29, 1.82) is 0 Å². The number of fused-ring (bicyclic) bond motifs is 1. The van der Waals surface area contributed by atoms with Gasteiger partial charge in [-0.3, -0.25) is 0 Å². The van der Waals surface area contributed by atoms with Gasteiger partial charge in [0, 0.05) is 11.1 Å². The molecule has 4 saturated carbocycles. The van der Waals surface area contributed by atoms with E-state index in [0.717, 1.165) is 0 Å². The van der Waals surface area contributed by atoms with Crippen LogP contribution in [0.2, 0.25) is 0 Å². The van der Waals surface area contributed by atoms with Crippen molar-refractivity contribution in [2.45, 2.75) is 62.4 Å². The van der Waals surface area contributed by atoms with Crippen LogP contribution in [0.4, 0.5) is 0 Å². The Bertz CT molecular complexity index is 577. The van der Waals surface area contributed by atoms with Gasteiger partial charge in [-0.2, -0.15) is 0 Å². The van der Waals surface area contributed by atoms with E-state index >= 15 is 0 Å². The number of hydrogen-bond acceptors (Lipinski definition) is 1. The van der Waals surface area contributed by atoms with Crippen LogP contribution in [0.15, 0.2) is 47.6 Å². The SMILES string of the molecule is C1=C/C=C2/CC3(CCC3)NC34CCC(C3)(C4)/C2=C/C=C1. The highest BCUT2D eigenvalue weighted by atomic mass is 15.1. The van der Waals surface area contributed by atoms with Gasteiger partial charge in [0.05, 0.1) is 0 Å². The Hall–Kier alpha value is -1.08. The number of rotatable bonds is 0. The second kappa shape index (κ2) is 3.57. The fraction of sp³-hybridized carbons (Fsp3) is 0.579. The third-order valence-corrected chi connectivity index (χ3v) is 6.62. The third-order valence-electron chi connectivity index (χ3n) is 6.62. The van der Waals surface area contributed by atoms with Gasteiger partial charge in [-0.15, -0.1) is 0 Å². The average molecular weight is 265 g/mol. The van der Waals surface area contributed by atoms with E-state index in [1.165, 1.54) is 51.4 Å². The van der Waals surface area contributed by atoms with Crippen molar-refractivity contribution in [2.24, 2.45) is 5.41 Å². The summed E-state index contributed by atoms with van der Waals surface area (Å²) in [4.78, 5) is 0. The molecule has 2 heterocycles. The van der Waals surface area contributed by atoms with Gasteiger partial charge in [-0.1, -0.05) is 36.5 Å². The Kier molecular flexibility index (Phi) is 2.06. The molecule has 0 aromatic rings. The molecule has 0 aromatic heterocycles. The van der Waals surface area contributed by atoms with Gasteiger partial charge < -0.3 is 5.32 Å². The van der Waals surface area contributed by atoms with E-state index in [1.807, 2.05) is 0 Å². The van der Waals surface area contributed by atoms with Gasteiger partial charge in [-0.25, -0.2) is 0 Å². The summed E-state index contributed by atoms with van der Waals surface area (Å²) in [5.41, 5.74) is 4.75. The molecule has 1 nitrogen and oxygen atoms in total. The summed E-state index contributed by atoms with van der Waals surface area (Å²) >= 11 is 0. The van der Waals surface area contributed by atoms with E-state index in [-0.39, 0.29) is 0 Å². The van der Waals surface area contributed by atoms with E-state index in [2.05, 4.69) is 41.8 Å². The lowest BCUT2D eigenvalue weighted by Gasteiger charge is -2.59. The summed E-state index contributed by atoms with van der Waals surface area (Å²) < 4.78 is 0. The normalized spacial score (nSPS) is 48.4. The fourth-order valence-corrected chi connectivity index (χ4v) is 5.75. The summed E-state index contributed by atoms with van der Waals surface area (Å²) in [7, 11) is 0. The van der Waals surface area contributed by atoms with Crippen molar-refractivity contribution in [2.75, 3.05) is 0 Å². The largest absolute Gasteiger partial charge is 0.305 e. The fourth-order valence-electron chi connectivity index (χ4n) is 5.75. The molecule has 104 valence electrons. The smallest absolute Gasteiger partial charge is 0.0227 e. The minimum atomic E-state index is 0.429. The Labute approximate surface area is 121 Å². The first kappa shape index (κ1) is 11.6. The summed E-state index contributed by atoms with van der Waals surface area (Å²) in [6, 6.07) is 0. The van der Waals surface area contributed by atoms with Crippen molar-refractivity contribution in [1.82, 2.24) is 5.32 Å². The maximum absolute atomic E-state index is 4.16. The van der Waals surface area contributed by atoms with Gasteiger partial charge in [0.15, 0.2) is 0 Å². The maximum Gasteiger partial charge on any atom is 0.0227 e. The maximum atomic E-state index is 4.16. The molecule has 5 aliphatic carbocycles. The Morgan fingerprint density at radius 2 is 1.60 bits per heavy atom. The van der Waals surface area contributed by atoms with E-state index in [4.69, 9.17) is 0 Å². The molecular weight excluding hydrogens is 242 g/mol. The summed E-state index contributed by atoms with van der Waals surface area (Å²) in [6.07, 6.45) is 24.7.